The van der Waals surface area contributed by atoms with Gasteiger partial charge in [-0.3, -0.25) is 39.1 Å². The van der Waals surface area contributed by atoms with Crippen molar-refractivity contribution < 1.29 is 23.6 Å². The second-order valence-electron chi connectivity index (χ2n) is 19.0. The van der Waals surface area contributed by atoms with Gasteiger partial charge in [-0.05, 0) is 102 Å². The minimum atomic E-state index is -0.406. The maximum Gasteiger partial charge on any atom is 0.293 e. The lowest BCUT2D eigenvalue weighted by Crippen LogP contribution is -2.35. The van der Waals surface area contributed by atoms with Gasteiger partial charge < -0.3 is 40.1 Å². The van der Waals surface area contributed by atoms with Gasteiger partial charge in [-0.25, -0.2) is 49.8 Å². The molecule has 10 aromatic rings. The number of oxazole rings is 1. The molecule has 2 fully saturated rings. The van der Waals surface area contributed by atoms with Crippen LogP contribution in [0, 0.1) is 11.8 Å². The number of nitrogens with zero attached hydrogens (tertiary/aromatic N) is 17. The second kappa shape index (κ2) is 29.0. The lowest BCUT2D eigenvalue weighted by atomic mass is 9.96. The summed E-state index contributed by atoms with van der Waals surface area (Å²) in [5.41, 5.74) is 5.00. The number of carbonyl (C=O) groups is 4. The fourth-order valence-electron chi connectivity index (χ4n) is 8.28. The van der Waals surface area contributed by atoms with Gasteiger partial charge >= 0.3 is 0 Å². The maximum atomic E-state index is 12.2. The summed E-state index contributed by atoms with van der Waals surface area (Å²) in [6.45, 7) is 3.70. The molecule has 0 aliphatic carbocycles. The van der Waals surface area contributed by atoms with Gasteiger partial charge in [-0.1, -0.05) is 24.3 Å². The third kappa shape index (κ3) is 16.6. The number of pyridine rings is 4. The van der Waals surface area contributed by atoms with Gasteiger partial charge in [0.25, 0.3) is 11.8 Å². The summed E-state index contributed by atoms with van der Waals surface area (Å²) in [4.78, 5) is 110. The molecule has 4 amide bonds. The Hall–Kier alpha value is -10.9. The van der Waals surface area contributed by atoms with Crippen LogP contribution in [-0.2, 0) is 16.6 Å². The number of anilines is 4. The first-order valence-corrected chi connectivity index (χ1v) is 26.4. The van der Waals surface area contributed by atoms with Gasteiger partial charge in [0, 0.05) is 56.7 Å². The molecule has 12 heterocycles. The molecule has 0 radical (unpaired) electrons. The lowest BCUT2D eigenvalue weighted by molar-refractivity contribution is -0.121. The van der Waals surface area contributed by atoms with E-state index in [1.165, 1.54) is 37.4 Å². The zero-order valence-corrected chi connectivity index (χ0v) is 45.9. The van der Waals surface area contributed by atoms with Crippen LogP contribution >= 0.6 is 0 Å². The monoisotopic (exact) mass is 1130 g/mol. The quantitative estimate of drug-likeness (QED) is 0.101. The highest BCUT2D eigenvalue weighted by Gasteiger charge is 2.27. The Bertz CT molecular complexity index is 3660. The zero-order valence-electron chi connectivity index (χ0n) is 45.9. The molecule has 0 aromatic carbocycles. The standard InChI is InChI=1S/C16H19N5O.C15H17N5O.C14H12N6O.C13H9N5O2/c1-21-8-5-12(6-9-21)16(22)20-13-10-18-15(19-11-13)14-4-2-3-7-17-14;1-20-7-5-11(10-20)15(21)19-12-8-17-14(18-9-12)13-4-2-3-6-16-13;1-20-7-6-16-13(20)14(21)19-10-8-17-12(18-9-10)11-4-2-3-5-15-11;19-13(11-7-14-8-20-11)18-9-5-16-12(17-6-9)10-3-1-2-4-15-10/h2-4,7,10-12H,5-6,8-9H2,1H3,(H,20,22);2-4,6,8-9,11H,5,7,10H2,1H3,(H,19,21);2-9H,1H3,(H,19,21);1-8H,(H,18,19). The molecule has 1 unspecified atom stereocenters. The van der Waals surface area contributed by atoms with Crippen molar-refractivity contribution >= 4 is 46.4 Å². The van der Waals surface area contributed by atoms with Crippen LogP contribution in [0.25, 0.3) is 46.1 Å². The first kappa shape index (κ1) is 57.8. The van der Waals surface area contributed by atoms with Crippen LogP contribution in [0.1, 0.15) is 40.4 Å². The molecule has 12 rings (SSSR count). The summed E-state index contributed by atoms with van der Waals surface area (Å²) in [6, 6.07) is 22.2. The van der Waals surface area contributed by atoms with Crippen molar-refractivity contribution in [3.63, 3.8) is 0 Å². The molecule has 0 spiro atoms. The predicted octanol–water partition coefficient (Wildman–Crippen LogP) is 6.55. The summed E-state index contributed by atoms with van der Waals surface area (Å²) in [5.74, 6) is 2.05. The molecule has 84 heavy (non-hydrogen) atoms. The third-order valence-corrected chi connectivity index (χ3v) is 12.8. The predicted molar refractivity (Wildman–Crippen MR) is 310 cm³/mol. The van der Waals surface area contributed by atoms with Crippen LogP contribution in [0.3, 0.4) is 0 Å². The van der Waals surface area contributed by atoms with Crippen molar-refractivity contribution in [1.29, 1.82) is 0 Å². The summed E-state index contributed by atoms with van der Waals surface area (Å²) >= 11 is 0. The Morgan fingerprint density at radius 3 is 1.15 bits per heavy atom. The normalized spacial score (nSPS) is 14.0. The number of aromatic nitrogens is 15. The number of carbonyl (C=O) groups excluding carboxylic acids is 4. The van der Waals surface area contributed by atoms with Gasteiger partial charge in [0.2, 0.25) is 17.6 Å². The molecular weight excluding hydrogens is 1070 g/mol. The van der Waals surface area contributed by atoms with E-state index in [2.05, 4.69) is 108 Å². The smallest absolute Gasteiger partial charge is 0.293 e. The fourth-order valence-corrected chi connectivity index (χ4v) is 8.28. The number of hydrogen-bond donors (Lipinski definition) is 4. The van der Waals surface area contributed by atoms with Crippen LogP contribution in [0.4, 0.5) is 22.7 Å². The highest BCUT2D eigenvalue weighted by molar-refractivity contribution is 6.02. The minimum Gasteiger partial charge on any atom is -0.438 e. The van der Waals surface area contributed by atoms with Crippen LogP contribution in [0.5, 0.6) is 0 Å². The van der Waals surface area contributed by atoms with Crippen LogP contribution < -0.4 is 21.3 Å². The maximum absolute atomic E-state index is 12.2. The van der Waals surface area contributed by atoms with E-state index in [1.54, 1.807) is 73.6 Å². The largest absolute Gasteiger partial charge is 0.438 e. The molecule has 26 heteroatoms. The van der Waals surface area contributed by atoms with Crippen LogP contribution in [0.2, 0.25) is 0 Å². The van der Waals surface area contributed by atoms with Crippen molar-refractivity contribution in [2.75, 3.05) is 61.5 Å². The summed E-state index contributed by atoms with van der Waals surface area (Å²) in [5, 5.41) is 11.1. The highest BCUT2D eigenvalue weighted by Crippen LogP contribution is 2.21. The SMILES string of the molecule is CN1CCC(C(=O)Nc2cnc(-c3ccccn3)nc2)C1.CN1CCC(C(=O)Nc2cnc(-c3ccccn3)nc2)CC1.Cn1ccnc1C(=O)Nc1cnc(-c2ccccn2)nc1.O=C(Nc1cnc(-c2ccccn2)nc1)c1cnco1. The summed E-state index contributed by atoms with van der Waals surface area (Å²) in [6.07, 6.45) is 27.8. The average Bonchev–Trinajstić information content (AvgIpc) is 4.42. The topological polar surface area (TPSA) is 321 Å². The van der Waals surface area contributed by atoms with Crippen LogP contribution in [0.15, 0.2) is 177 Å². The number of rotatable bonds is 12. The average molecular weight is 1130 g/mol. The van der Waals surface area contributed by atoms with Gasteiger partial charge in [0.15, 0.2) is 35.5 Å². The second-order valence-corrected chi connectivity index (χ2v) is 19.0. The van der Waals surface area contributed by atoms with E-state index >= 15 is 0 Å². The van der Waals surface area contributed by atoms with Crippen molar-refractivity contribution in [2.45, 2.75) is 19.3 Å². The van der Waals surface area contributed by atoms with E-state index in [9.17, 15) is 19.2 Å². The van der Waals surface area contributed by atoms with E-state index in [0.29, 0.717) is 69.0 Å². The molecule has 4 N–H and O–H groups in total. The van der Waals surface area contributed by atoms with E-state index in [1.807, 2.05) is 79.8 Å². The zero-order chi connectivity index (χ0) is 58.5. The number of amides is 4. The lowest BCUT2D eigenvalue weighted by Gasteiger charge is -2.27. The summed E-state index contributed by atoms with van der Waals surface area (Å²) < 4.78 is 6.52. The fraction of sp³-hybridized carbons (Fsp3) is 0.207. The number of imidazole rings is 1. The van der Waals surface area contributed by atoms with Crippen molar-refractivity contribution in [1.82, 2.24) is 84.1 Å². The van der Waals surface area contributed by atoms with Crippen molar-refractivity contribution in [3.8, 4) is 46.1 Å². The van der Waals surface area contributed by atoms with E-state index < -0.39 is 5.91 Å². The molecule has 2 saturated heterocycles. The van der Waals surface area contributed by atoms with Crippen molar-refractivity contribution in [2.24, 2.45) is 18.9 Å². The molecule has 424 valence electrons. The Morgan fingerprint density at radius 2 is 0.810 bits per heavy atom. The number of hydrogen-bond acceptors (Lipinski definition) is 21. The Labute approximate surface area is 481 Å². The van der Waals surface area contributed by atoms with Crippen molar-refractivity contribution in [3.05, 3.63) is 184 Å². The highest BCUT2D eigenvalue weighted by atomic mass is 16.3. The van der Waals surface area contributed by atoms with E-state index in [0.717, 1.165) is 51.1 Å². The van der Waals surface area contributed by atoms with E-state index in [4.69, 9.17) is 4.42 Å². The van der Waals surface area contributed by atoms with Gasteiger partial charge in [0.1, 0.15) is 22.8 Å². The third-order valence-electron chi connectivity index (χ3n) is 12.8. The summed E-state index contributed by atoms with van der Waals surface area (Å²) in [7, 11) is 5.86. The molecule has 10 aromatic heterocycles. The van der Waals surface area contributed by atoms with Gasteiger partial charge in [0.05, 0.1) is 84.4 Å². The molecule has 0 saturated carbocycles. The van der Waals surface area contributed by atoms with Gasteiger partial charge in [-0.15, -0.1) is 0 Å². The molecule has 1 atom stereocenters. The van der Waals surface area contributed by atoms with Crippen LogP contribution in [-0.4, -0.2) is 148 Å². The molecule has 26 nitrogen and oxygen atoms in total. The Balaban J connectivity index is 0.000000134. The first-order chi connectivity index (χ1) is 41.0. The number of piperidine rings is 1. The molecule has 2 aliphatic heterocycles. The van der Waals surface area contributed by atoms with Gasteiger partial charge in [-0.2, -0.15) is 0 Å². The number of aryl methyl sites for hydroxylation is 1. The minimum absolute atomic E-state index is 0.0357. The van der Waals surface area contributed by atoms with E-state index in [-0.39, 0.29) is 35.3 Å². The molecule has 2 aliphatic rings. The Kier molecular flexibility index (Phi) is 20.0. The number of likely N-dealkylation sites (tertiary alicyclic amines) is 2. The number of nitrogens with one attached hydrogen (secondary N) is 4. The molecular formula is C58H57N21O5. The molecule has 0 bridgehead atoms. The first-order valence-electron chi connectivity index (χ1n) is 26.4. The Morgan fingerprint density at radius 1 is 0.429 bits per heavy atom.